The zero-order valence-electron chi connectivity index (χ0n) is 13.6. The first-order valence-corrected chi connectivity index (χ1v) is 8.05. The molecule has 3 nitrogen and oxygen atoms in total. The van der Waals surface area contributed by atoms with Crippen LogP contribution in [0.3, 0.4) is 0 Å². The molecule has 1 N–H and O–H groups in total. The highest BCUT2D eigenvalue weighted by molar-refractivity contribution is 4.92. The average Bonchev–Trinajstić information content (AvgIpc) is 2.55. The Morgan fingerprint density at radius 1 is 1.16 bits per heavy atom. The standard InChI is InChI=1S/C16H33N3/c1-13(2)17-11-16(3,4)12-19-9-8-14-6-7-15(10-19)18(14)5/h13-15,17H,6-12H2,1-5H3. The molecule has 2 saturated heterocycles. The summed E-state index contributed by atoms with van der Waals surface area (Å²) >= 11 is 0. The molecule has 0 aromatic heterocycles. The molecule has 2 rings (SSSR count). The van der Waals surface area contributed by atoms with E-state index in [4.69, 9.17) is 0 Å². The van der Waals surface area contributed by atoms with Crippen LogP contribution in [0.2, 0.25) is 0 Å². The molecule has 0 aromatic carbocycles. The second kappa shape index (κ2) is 6.11. The van der Waals surface area contributed by atoms with Crippen LogP contribution in [0.5, 0.6) is 0 Å². The van der Waals surface area contributed by atoms with Gasteiger partial charge in [-0.25, -0.2) is 0 Å². The average molecular weight is 267 g/mol. The van der Waals surface area contributed by atoms with E-state index in [1.165, 1.54) is 38.9 Å². The van der Waals surface area contributed by atoms with Crippen molar-refractivity contribution in [2.24, 2.45) is 5.41 Å². The van der Waals surface area contributed by atoms with Gasteiger partial charge in [0.1, 0.15) is 0 Å². The minimum Gasteiger partial charge on any atom is -0.314 e. The van der Waals surface area contributed by atoms with Gasteiger partial charge in [0, 0.05) is 37.8 Å². The Balaban J connectivity index is 1.85. The molecule has 3 heteroatoms. The van der Waals surface area contributed by atoms with E-state index in [9.17, 15) is 0 Å². The molecular formula is C16H33N3. The smallest absolute Gasteiger partial charge is 0.0223 e. The van der Waals surface area contributed by atoms with Crippen LogP contribution in [0.4, 0.5) is 0 Å². The Bertz CT molecular complexity index is 288. The number of likely N-dealkylation sites (tertiary alicyclic amines) is 1. The van der Waals surface area contributed by atoms with Crippen molar-refractivity contribution in [2.45, 2.75) is 65.1 Å². The number of rotatable bonds is 5. The summed E-state index contributed by atoms with van der Waals surface area (Å²) in [5.41, 5.74) is 0.367. The molecule has 2 atom stereocenters. The maximum Gasteiger partial charge on any atom is 0.0223 e. The Labute approximate surface area is 119 Å². The lowest BCUT2D eigenvalue weighted by Crippen LogP contribution is -2.45. The first kappa shape index (κ1) is 15.3. The minimum atomic E-state index is 0.367. The van der Waals surface area contributed by atoms with Crippen molar-refractivity contribution < 1.29 is 0 Å². The second-order valence-electron chi connectivity index (χ2n) is 7.77. The van der Waals surface area contributed by atoms with Gasteiger partial charge in [0.25, 0.3) is 0 Å². The van der Waals surface area contributed by atoms with E-state index in [1.54, 1.807) is 0 Å². The van der Waals surface area contributed by atoms with Crippen molar-refractivity contribution in [1.29, 1.82) is 0 Å². The minimum absolute atomic E-state index is 0.367. The van der Waals surface area contributed by atoms with Gasteiger partial charge in [-0.3, -0.25) is 4.90 Å². The van der Waals surface area contributed by atoms with Crippen molar-refractivity contribution in [3.8, 4) is 0 Å². The fraction of sp³-hybridized carbons (Fsp3) is 1.00. The van der Waals surface area contributed by atoms with Crippen molar-refractivity contribution in [3.05, 3.63) is 0 Å². The zero-order valence-corrected chi connectivity index (χ0v) is 13.6. The van der Waals surface area contributed by atoms with E-state index in [2.05, 4.69) is 49.9 Å². The SMILES string of the molecule is CC(C)NCC(C)(C)CN1CCC2CCC(C1)N2C. The topological polar surface area (TPSA) is 18.5 Å². The molecule has 112 valence electrons. The molecule has 2 bridgehead atoms. The van der Waals surface area contributed by atoms with Crippen molar-refractivity contribution in [3.63, 3.8) is 0 Å². The first-order valence-electron chi connectivity index (χ1n) is 8.05. The molecule has 2 fully saturated rings. The lowest BCUT2D eigenvalue weighted by molar-refractivity contribution is 0.156. The lowest BCUT2D eigenvalue weighted by atomic mass is 9.91. The van der Waals surface area contributed by atoms with Crippen LogP contribution in [0.15, 0.2) is 0 Å². The number of likely N-dealkylation sites (N-methyl/N-ethyl adjacent to an activating group) is 1. The van der Waals surface area contributed by atoms with Gasteiger partial charge in [0.15, 0.2) is 0 Å². The van der Waals surface area contributed by atoms with Crippen molar-refractivity contribution >= 4 is 0 Å². The van der Waals surface area contributed by atoms with Gasteiger partial charge in [0.05, 0.1) is 0 Å². The number of nitrogens with zero attached hydrogens (tertiary/aromatic N) is 2. The lowest BCUT2D eigenvalue weighted by Gasteiger charge is -2.34. The zero-order chi connectivity index (χ0) is 14.0. The van der Waals surface area contributed by atoms with Crippen LogP contribution in [0, 0.1) is 5.41 Å². The first-order chi connectivity index (χ1) is 8.87. The highest BCUT2D eigenvalue weighted by Gasteiger charge is 2.35. The summed E-state index contributed by atoms with van der Waals surface area (Å²) in [6, 6.07) is 2.25. The number of fused-ring (bicyclic) bond motifs is 2. The summed E-state index contributed by atoms with van der Waals surface area (Å²) in [4.78, 5) is 5.35. The number of hydrogen-bond donors (Lipinski definition) is 1. The Morgan fingerprint density at radius 2 is 1.84 bits per heavy atom. The maximum atomic E-state index is 3.60. The third kappa shape index (κ3) is 4.17. The molecule has 0 saturated carbocycles. The molecule has 2 aliphatic heterocycles. The van der Waals surface area contributed by atoms with E-state index in [-0.39, 0.29) is 0 Å². The van der Waals surface area contributed by atoms with E-state index in [0.717, 1.165) is 18.6 Å². The maximum absolute atomic E-state index is 3.60. The van der Waals surface area contributed by atoms with Gasteiger partial charge in [-0.15, -0.1) is 0 Å². The molecule has 0 amide bonds. The Kier molecular flexibility index (Phi) is 4.91. The highest BCUT2D eigenvalue weighted by atomic mass is 15.3. The fourth-order valence-electron chi connectivity index (χ4n) is 3.66. The van der Waals surface area contributed by atoms with E-state index in [0.29, 0.717) is 11.5 Å². The van der Waals surface area contributed by atoms with Gasteiger partial charge in [-0.05, 0) is 38.3 Å². The molecule has 0 radical (unpaired) electrons. The molecule has 0 spiro atoms. The van der Waals surface area contributed by atoms with Gasteiger partial charge < -0.3 is 10.2 Å². The Hall–Kier alpha value is -0.120. The molecule has 0 aromatic rings. The predicted molar refractivity (Wildman–Crippen MR) is 82.5 cm³/mol. The van der Waals surface area contributed by atoms with Crippen molar-refractivity contribution in [2.75, 3.05) is 33.2 Å². The summed E-state index contributed by atoms with van der Waals surface area (Å²) < 4.78 is 0. The second-order valence-corrected chi connectivity index (χ2v) is 7.77. The normalized spacial score (nSPS) is 30.0. The fourth-order valence-corrected chi connectivity index (χ4v) is 3.66. The monoisotopic (exact) mass is 267 g/mol. The summed E-state index contributed by atoms with van der Waals surface area (Å²) in [7, 11) is 2.33. The molecule has 2 unspecified atom stereocenters. The van der Waals surface area contributed by atoms with Crippen molar-refractivity contribution in [1.82, 2.24) is 15.1 Å². The van der Waals surface area contributed by atoms with Gasteiger partial charge in [-0.2, -0.15) is 0 Å². The van der Waals surface area contributed by atoms with Crippen LogP contribution >= 0.6 is 0 Å². The third-order valence-electron chi connectivity index (χ3n) is 4.87. The van der Waals surface area contributed by atoms with Gasteiger partial charge in [0.2, 0.25) is 0 Å². The highest BCUT2D eigenvalue weighted by Crippen LogP contribution is 2.29. The van der Waals surface area contributed by atoms with Crippen LogP contribution < -0.4 is 5.32 Å². The summed E-state index contributed by atoms with van der Waals surface area (Å²) in [6.45, 7) is 14.2. The van der Waals surface area contributed by atoms with Crippen LogP contribution in [-0.4, -0.2) is 61.2 Å². The van der Waals surface area contributed by atoms with E-state index >= 15 is 0 Å². The third-order valence-corrected chi connectivity index (χ3v) is 4.87. The summed E-state index contributed by atoms with van der Waals surface area (Å²) in [6.07, 6.45) is 4.19. The van der Waals surface area contributed by atoms with E-state index < -0.39 is 0 Å². The van der Waals surface area contributed by atoms with Gasteiger partial charge in [-0.1, -0.05) is 27.7 Å². The quantitative estimate of drug-likeness (QED) is 0.824. The largest absolute Gasteiger partial charge is 0.314 e. The van der Waals surface area contributed by atoms with Crippen LogP contribution in [-0.2, 0) is 0 Å². The Morgan fingerprint density at radius 3 is 2.53 bits per heavy atom. The summed E-state index contributed by atoms with van der Waals surface area (Å²) in [5, 5.41) is 3.60. The summed E-state index contributed by atoms with van der Waals surface area (Å²) in [5.74, 6) is 0. The number of hydrogen-bond acceptors (Lipinski definition) is 3. The molecular weight excluding hydrogens is 234 g/mol. The van der Waals surface area contributed by atoms with E-state index in [1.807, 2.05) is 0 Å². The molecule has 2 heterocycles. The predicted octanol–water partition coefficient (Wildman–Crippen LogP) is 2.18. The molecule has 2 aliphatic rings. The van der Waals surface area contributed by atoms with Crippen LogP contribution in [0.1, 0.15) is 47.0 Å². The molecule has 0 aliphatic carbocycles. The number of nitrogens with one attached hydrogen (secondary N) is 1. The molecule has 19 heavy (non-hydrogen) atoms. The van der Waals surface area contributed by atoms with Crippen LogP contribution in [0.25, 0.3) is 0 Å². The van der Waals surface area contributed by atoms with Gasteiger partial charge >= 0.3 is 0 Å².